The van der Waals surface area contributed by atoms with Crippen molar-refractivity contribution in [3.05, 3.63) is 35.4 Å². The summed E-state index contributed by atoms with van der Waals surface area (Å²) in [6.07, 6.45) is 3.30. The summed E-state index contributed by atoms with van der Waals surface area (Å²) < 4.78 is 7.41. The standard InChI is InChI=1S/C14H17N3O3/c1-8(2)17-7-11(6-15-17)20-12-5-9(3)16-10(4)13(12)14(18)19/h5-8H,1-4H3,(H,18,19). The maximum atomic E-state index is 11.3. The van der Waals surface area contributed by atoms with Crippen LogP contribution < -0.4 is 4.74 Å². The Morgan fingerprint density at radius 1 is 1.40 bits per heavy atom. The fourth-order valence-electron chi connectivity index (χ4n) is 1.92. The van der Waals surface area contributed by atoms with Gasteiger partial charge in [0, 0.05) is 17.8 Å². The number of carboxylic acids is 1. The van der Waals surface area contributed by atoms with Gasteiger partial charge in [-0.1, -0.05) is 0 Å². The van der Waals surface area contributed by atoms with Crippen molar-refractivity contribution in [1.82, 2.24) is 14.8 Å². The molecule has 0 saturated carbocycles. The normalized spacial score (nSPS) is 10.8. The molecule has 0 fully saturated rings. The summed E-state index contributed by atoms with van der Waals surface area (Å²) in [7, 11) is 0. The van der Waals surface area contributed by atoms with Gasteiger partial charge in [-0.05, 0) is 27.7 Å². The Kier molecular flexibility index (Phi) is 3.74. The first-order valence-corrected chi connectivity index (χ1v) is 6.32. The van der Waals surface area contributed by atoms with E-state index in [0.29, 0.717) is 17.1 Å². The van der Waals surface area contributed by atoms with Gasteiger partial charge in [-0.15, -0.1) is 0 Å². The van der Waals surface area contributed by atoms with Gasteiger partial charge in [-0.2, -0.15) is 5.10 Å². The highest BCUT2D eigenvalue weighted by atomic mass is 16.5. The van der Waals surface area contributed by atoms with E-state index in [0.717, 1.165) is 0 Å². The van der Waals surface area contributed by atoms with E-state index in [9.17, 15) is 9.90 Å². The second-order valence-corrected chi connectivity index (χ2v) is 4.88. The SMILES string of the molecule is Cc1cc(Oc2cnn(C(C)C)c2)c(C(=O)O)c(C)n1. The van der Waals surface area contributed by atoms with Crippen molar-refractivity contribution in [2.24, 2.45) is 0 Å². The van der Waals surface area contributed by atoms with Crippen molar-refractivity contribution in [3.8, 4) is 11.5 Å². The molecule has 2 aromatic rings. The van der Waals surface area contributed by atoms with E-state index in [1.807, 2.05) is 13.8 Å². The molecule has 0 aliphatic carbocycles. The molecule has 0 amide bonds. The number of rotatable bonds is 4. The molecule has 1 N–H and O–H groups in total. The van der Waals surface area contributed by atoms with Crippen LogP contribution in [-0.4, -0.2) is 25.8 Å². The highest BCUT2D eigenvalue weighted by Gasteiger charge is 2.18. The van der Waals surface area contributed by atoms with Gasteiger partial charge >= 0.3 is 5.97 Å². The van der Waals surface area contributed by atoms with Gasteiger partial charge in [0.25, 0.3) is 0 Å². The molecular weight excluding hydrogens is 258 g/mol. The third-order valence-electron chi connectivity index (χ3n) is 2.84. The van der Waals surface area contributed by atoms with E-state index < -0.39 is 5.97 Å². The van der Waals surface area contributed by atoms with E-state index in [2.05, 4.69) is 10.1 Å². The van der Waals surface area contributed by atoms with Crippen LogP contribution in [0.4, 0.5) is 0 Å². The number of ether oxygens (including phenoxy) is 1. The molecule has 0 aliphatic rings. The van der Waals surface area contributed by atoms with E-state index in [1.165, 1.54) is 0 Å². The summed E-state index contributed by atoms with van der Waals surface area (Å²) in [5.74, 6) is -0.266. The molecule has 106 valence electrons. The maximum absolute atomic E-state index is 11.3. The molecule has 0 bridgehead atoms. The van der Waals surface area contributed by atoms with Crippen LogP contribution in [0.1, 0.15) is 41.6 Å². The van der Waals surface area contributed by atoms with Gasteiger partial charge in [0.2, 0.25) is 0 Å². The first-order valence-electron chi connectivity index (χ1n) is 6.32. The fourth-order valence-corrected chi connectivity index (χ4v) is 1.92. The molecule has 0 saturated heterocycles. The number of carbonyl (C=O) groups is 1. The Morgan fingerprint density at radius 2 is 2.10 bits per heavy atom. The molecule has 0 aliphatic heterocycles. The molecule has 6 nitrogen and oxygen atoms in total. The van der Waals surface area contributed by atoms with Gasteiger partial charge in [0.1, 0.15) is 11.3 Å². The van der Waals surface area contributed by atoms with Crippen LogP contribution >= 0.6 is 0 Å². The predicted molar refractivity (Wildman–Crippen MR) is 73.4 cm³/mol. The molecule has 2 heterocycles. The minimum atomic E-state index is -1.05. The number of aryl methyl sites for hydroxylation is 2. The first-order chi connectivity index (χ1) is 9.38. The molecule has 0 atom stereocenters. The summed E-state index contributed by atoms with van der Waals surface area (Å²) in [4.78, 5) is 15.5. The number of pyridine rings is 1. The predicted octanol–water partition coefficient (Wildman–Crippen LogP) is 2.97. The average Bonchev–Trinajstić information content (AvgIpc) is 2.75. The zero-order chi connectivity index (χ0) is 14.9. The Morgan fingerprint density at radius 3 is 2.65 bits per heavy atom. The number of carboxylic acid groups (broad SMARTS) is 1. The van der Waals surface area contributed by atoms with Gasteiger partial charge in [0.05, 0.1) is 18.1 Å². The van der Waals surface area contributed by atoms with Crippen LogP contribution in [0.25, 0.3) is 0 Å². The number of hydrogen-bond donors (Lipinski definition) is 1. The molecule has 2 aromatic heterocycles. The smallest absolute Gasteiger partial charge is 0.341 e. The number of aromatic carboxylic acids is 1. The number of nitrogens with zero attached hydrogens (tertiary/aromatic N) is 3. The van der Waals surface area contributed by atoms with E-state index in [1.54, 1.807) is 37.0 Å². The molecule has 0 radical (unpaired) electrons. The van der Waals surface area contributed by atoms with E-state index in [4.69, 9.17) is 4.74 Å². The largest absolute Gasteiger partial charge is 0.477 e. The Labute approximate surface area is 117 Å². The van der Waals surface area contributed by atoms with Gasteiger partial charge in [-0.25, -0.2) is 4.79 Å². The van der Waals surface area contributed by atoms with Crippen molar-refractivity contribution in [3.63, 3.8) is 0 Å². The van der Waals surface area contributed by atoms with Crippen molar-refractivity contribution in [1.29, 1.82) is 0 Å². The number of hydrogen-bond acceptors (Lipinski definition) is 4. The minimum absolute atomic E-state index is 0.0768. The zero-order valence-electron chi connectivity index (χ0n) is 11.9. The molecule has 0 aromatic carbocycles. The lowest BCUT2D eigenvalue weighted by atomic mass is 10.1. The van der Waals surface area contributed by atoms with Crippen molar-refractivity contribution < 1.29 is 14.6 Å². The summed E-state index contributed by atoms with van der Waals surface area (Å²) in [5, 5.41) is 13.4. The third-order valence-corrected chi connectivity index (χ3v) is 2.84. The van der Waals surface area contributed by atoms with Crippen molar-refractivity contribution >= 4 is 5.97 Å². The lowest BCUT2D eigenvalue weighted by molar-refractivity contribution is 0.0692. The summed E-state index contributed by atoms with van der Waals surface area (Å²) >= 11 is 0. The second-order valence-electron chi connectivity index (χ2n) is 4.88. The van der Waals surface area contributed by atoms with Crippen LogP contribution in [0.2, 0.25) is 0 Å². The minimum Gasteiger partial charge on any atom is -0.477 e. The molecule has 0 unspecified atom stereocenters. The molecular formula is C14H17N3O3. The lowest BCUT2D eigenvalue weighted by Crippen LogP contribution is -2.06. The zero-order valence-corrected chi connectivity index (χ0v) is 11.9. The van der Waals surface area contributed by atoms with Crippen LogP contribution in [-0.2, 0) is 0 Å². The van der Waals surface area contributed by atoms with Gasteiger partial charge in [-0.3, -0.25) is 9.67 Å². The Balaban J connectivity index is 2.39. The van der Waals surface area contributed by atoms with Gasteiger partial charge < -0.3 is 9.84 Å². The monoisotopic (exact) mass is 275 g/mol. The van der Waals surface area contributed by atoms with Crippen LogP contribution in [0, 0.1) is 13.8 Å². The van der Waals surface area contributed by atoms with Crippen LogP contribution in [0.5, 0.6) is 11.5 Å². The fraction of sp³-hybridized carbons (Fsp3) is 0.357. The van der Waals surface area contributed by atoms with Crippen molar-refractivity contribution in [2.75, 3.05) is 0 Å². The third kappa shape index (κ3) is 2.79. The topological polar surface area (TPSA) is 77.2 Å². The quantitative estimate of drug-likeness (QED) is 0.928. The maximum Gasteiger partial charge on any atom is 0.341 e. The molecule has 2 rings (SSSR count). The first kappa shape index (κ1) is 14.0. The highest BCUT2D eigenvalue weighted by Crippen LogP contribution is 2.28. The summed E-state index contributed by atoms with van der Waals surface area (Å²) in [6.45, 7) is 7.45. The van der Waals surface area contributed by atoms with Crippen LogP contribution in [0.15, 0.2) is 18.5 Å². The Hall–Kier alpha value is -2.37. The highest BCUT2D eigenvalue weighted by molar-refractivity contribution is 5.92. The lowest BCUT2D eigenvalue weighted by Gasteiger charge is -2.10. The molecule has 6 heteroatoms. The Bertz CT molecular complexity index is 647. The van der Waals surface area contributed by atoms with Gasteiger partial charge in [0.15, 0.2) is 5.75 Å². The second kappa shape index (κ2) is 5.32. The average molecular weight is 275 g/mol. The molecule has 20 heavy (non-hydrogen) atoms. The van der Waals surface area contributed by atoms with E-state index >= 15 is 0 Å². The molecule has 0 spiro atoms. The van der Waals surface area contributed by atoms with Crippen molar-refractivity contribution in [2.45, 2.75) is 33.7 Å². The summed E-state index contributed by atoms with van der Waals surface area (Å²) in [6, 6.07) is 1.83. The van der Waals surface area contributed by atoms with Crippen LogP contribution in [0.3, 0.4) is 0 Å². The number of aromatic nitrogens is 3. The van der Waals surface area contributed by atoms with E-state index in [-0.39, 0.29) is 17.4 Å². The summed E-state index contributed by atoms with van der Waals surface area (Å²) in [5.41, 5.74) is 1.22.